The highest BCUT2D eigenvalue weighted by Crippen LogP contribution is 2.60. The maximum absolute atomic E-state index is 3.92. The number of para-hydroxylation sites is 2. The van der Waals surface area contributed by atoms with E-state index >= 15 is 0 Å². The molecule has 2 nitrogen and oxygen atoms in total. The van der Waals surface area contributed by atoms with E-state index in [0.717, 1.165) is 7.28 Å². The number of benzene rings is 7. The molecule has 0 saturated carbocycles. The van der Waals surface area contributed by atoms with E-state index in [2.05, 4.69) is 213 Å². The fourth-order valence-electron chi connectivity index (χ4n) is 10.6. The quantitative estimate of drug-likeness (QED) is 0.179. The van der Waals surface area contributed by atoms with Crippen molar-refractivity contribution in [3.8, 4) is 22.3 Å². The van der Waals surface area contributed by atoms with Crippen LogP contribution in [0, 0.1) is 6.92 Å². The second-order valence-corrected chi connectivity index (χ2v) is 16.5. The summed E-state index contributed by atoms with van der Waals surface area (Å²) < 4.78 is 0. The summed E-state index contributed by atoms with van der Waals surface area (Å²) in [6.07, 6.45) is 6.76. The normalized spacial score (nSPS) is 16.5. The van der Waals surface area contributed by atoms with E-state index in [4.69, 9.17) is 0 Å². The number of aryl methyl sites for hydroxylation is 1. The molecular formula is C54H43BN2. The van der Waals surface area contributed by atoms with E-state index in [9.17, 15) is 0 Å². The van der Waals surface area contributed by atoms with Gasteiger partial charge in [-0.2, -0.15) is 0 Å². The second kappa shape index (κ2) is 12.5. The summed E-state index contributed by atoms with van der Waals surface area (Å²) in [5, 5.41) is 2.55. The van der Waals surface area contributed by atoms with Crippen molar-refractivity contribution in [2.24, 2.45) is 0 Å². The van der Waals surface area contributed by atoms with Gasteiger partial charge in [-0.1, -0.05) is 171 Å². The number of rotatable bonds is 4. The van der Waals surface area contributed by atoms with Crippen molar-refractivity contribution in [1.82, 2.24) is 4.98 Å². The molecule has 0 spiro atoms. The van der Waals surface area contributed by atoms with E-state index in [1.165, 1.54) is 106 Å². The first kappa shape index (κ1) is 33.7. The number of aromatic amines is 1. The molecule has 0 amide bonds. The van der Waals surface area contributed by atoms with Crippen molar-refractivity contribution in [1.29, 1.82) is 0 Å². The number of hydrogen-bond acceptors (Lipinski definition) is 1. The molecule has 0 radical (unpaired) electrons. The van der Waals surface area contributed by atoms with Gasteiger partial charge in [0.15, 0.2) is 7.28 Å². The molecule has 272 valence electrons. The van der Waals surface area contributed by atoms with Gasteiger partial charge in [0.05, 0.1) is 16.6 Å². The Morgan fingerprint density at radius 2 is 1.30 bits per heavy atom. The Balaban J connectivity index is 1.27. The third-order valence-electron chi connectivity index (χ3n) is 13.1. The van der Waals surface area contributed by atoms with Crippen LogP contribution in [0.1, 0.15) is 54.2 Å². The predicted octanol–water partition coefficient (Wildman–Crippen LogP) is 12.5. The lowest BCUT2D eigenvalue weighted by Gasteiger charge is -2.50. The summed E-state index contributed by atoms with van der Waals surface area (Å²) in [6, 6.07) is 56.8. The zero-order valence-electron chi connectivity index (χ0n) is 32.9. The average molecular weight is 731 g/mol. The van der Waals surface area contributed by atoms with Crippen molar-refractivity contribution in [3.05, 3.63) is 221 Å². The first-order valence-corrected chi connectivity index (χ1v) is 20.3. The van der Waals surface area contributed by atoms with Gasteiger partial charge in [-0.3, -0.25) is 0 Å². The number of fused-ring (bicyclic) bond motifs is 11. The van der Waals surface area contributed by atoms with E-state index in [1.807, 2.05) is 0 Å². The van der Waals surface area contributed by atoms with E-state index in [0.29, 0.717) is 0 Å². The van der Waals surface area contributed by atoms with E-state index < -0.39 is 5.41 Å². The Morgan fingerprint density at radius 3 is 2.05 bits per heavy atom. The van der Waals surface area contributed by atoms with Crippen LogP contribution in [0.15, 0.2) is 187 Å². The van der Waals surface area contributed by atoms with Gasteiger partial charge in [-0.15, -0.1) is 0 Å². The van der Waals surface area contributed by atoms with E-state index in [1.54, 1.807) is 0 Å². The zero-order valence-corrected chi connectivity index (χ0v) is 32.9. The highest BCUT2D eigenvalue weighted by atomic mass is 15.2. The Kier molecular flexibility index (Phi) is 7.38. The molecule has 2 aliphatic heterocycles. The second-order valence-electron chi connectivity index (χ2n) is 16.5. The Hall–Kier alpha value is -6.58. The molecule has 1 N–H and O–H groups in total. The minimum Gasteiger partial charge on any atom is -0.354 e. The smallest absolute Gasteiger partial charge is 0.189 e. The first-order chi connectivity index (χ1) is 27.9. The molecule has 0 atom stereocenters. The number of allylic oxidation sites excluding steroid dienone is 4. The van der Waals surface area contributed by atoms with Crippen LogP contribution >= 0.6 is 0 Å². The maximum atomic E-state index is 3.92. The van der Waals surface area contributed by atoms with Gasteiger partial charge in [-0.25, -0.2) is 0 Å². The molecule has 0 fully saturated rings. The highest BCUT2D eigenvalue weighted by molar-refractivity contribution is 6.64. The van der Waals surface area contributed by atoms with Crippen LogP contribution in [-0.4, -0.2) is 12.3 Å². The third kappa shape index (κ3) is 4.60. The van der Waals surface area contributed by atoms with Crippen molar-refractivity contribution in [3.63, 3.8) is 0 Å². The van der Waals surface area contributed by atoms with Crippen LogP contribution in [0.4, 0.5) is 11.4 Å². The van der Waals surface area contributed by atoms with Crippen molar-refractivity contribution in [2.75, 3.05) is 4.90 Å². The number of aromatic nitrogens is 1. The number of hydrogen-bond donors (Lipinski definition) is 1. The van der Waals surface area contributed by atoms with Gasteiger partial charge < -0.3 is 9.88 Å². The predicted molar refractivity (Wildman–Crippen MR) is 243 cm³/mol. The van der Waals surface area contributed by atoms with Gasteiger partial charge in [0, 0.05) is 38.7 Å². The topological polar surface area (TPSA) is 19.0 Å². The lowest BCUT2D eigenvalue weighted by atomic mass is 9.56. The molecule has 0 bridgehead atoms. The van der Waals surface area contributed by atoms with Crippen LogP contribution in [0.2, 0.25) is 0 Å². The first-order valence-electron chi connectivity index (χ1n) is 20.3. The van der Waals surface area contributed by atoms with Gasteiger partial charge in [0.2, 0.25) is 0 Å². The Labute approximate surface area is 335 Å². The minimum atomic E-state index is -0.540. The summed E-state index contributed by atoms with van der Waals surface area (Å²) in [6.45, 7) is 9.13. The zero-order chi connectivity index (χ0) is 38.5. The Bertz CT molecular complexity index is 2990. The minimum absolute atomic E-state index is 0.195. The molecular weight excluding hydrogens is 687 g/mol. The molecule has 1 aromatic heterocycles. The van der Waals surface area contributed by atoms with Crippen molar-refractivity contribution >= 4 is 45.9 Å². The monoisotopic (exact) mass is 730 g/mol. The fourth-order valence-corrected chi connectivity index (χ4v) is 10.6. The molecule has 3 heterocycles. The Morgan fingerprint density at radius 1 is 0.614 bits per heavy atom. The number of nitrogens with zero attached hydrogens (tertiary/aromatic N) is 1. The largest absolute Gasteiger partial charge is 0.354 e. The van der Waals surface area contributed by atoms with Gasteiger partial charge in [0.1, 0.15) is 0 Å². The average Bonchev–Trinajstić information content (AvgIpc) is 3.73. The summed E-state index contributed by atoms with van der Waals surface area (Å²) in [4.78, 5) is 6.52. The lowest BCUT2D eigenvalue weighted by molar-refractivity contribution is 0.660. The molecule has 1 aliphatic carbocycles. The molecule has 7 aromatic carbocycles. The SMILES string of the molecule is C/C=C\C=C1/C2=CBc3c(cc4c(c3-c3cccc5c3[nH]c3ccc(C)cc35)-c3ccccc3C4(C)C)N2c2ccccc2C1(c1ccccc1)c1ccccc1. The molecule has 0 unspecified atom stereocenters. The molecule has 3 heteroatoms. The molecule has 8 aromatic rings. The lowest BCUT2D eigenvalue weighted by Crippen LogP contribution is -2.45. The summed E-state index contributed by atoms with van der Waals surface area (Å²) >= 11 is 0. The van der Waals surface area contributed by atoms with Gasteiger partial charge >= 0.3 is 0 Å². The molecule has 57 heavy (non-hydrogen) atoms. The molecule has 3 aliphatic rings. The summed E-state index contributed by atoms with van der Waals surface area (Å²) in [5.41, 5.74) is 21.1. The van der Waals surface area contributed by atoms with Crippen LogP contribution < -0.4 is 10.4 Å². The van der Waals surface area contributed by atoms with Crippen LogP contribution in [-0.2, 0) is 10.8 Å². The number of nitrogens with one attached hydrogen (secondary N) is 1. The van der Waals surface area contributed by atoms with Crippen molar-refractivity contribution in [2.45, 2.75) is 38.5 Å². The maximum Gasteiger partial charge on any atom is 0.189 e. The summed E-state index contributed by atoms with van der Waals surface area (Å²) in [5.74, 6) is 2.52. The highest BCUT2D eigenvalue weighted by Gasteiger charge is 2.50. The van der Waals surface area contributed by atoms with Crippen LogP contribution in [0.3, 0.4) is 0 Å². The number of H-pyrrole nitrogens is 1. The molecule has 11 rings (SSSR count). The molecule has 0 saturated heterocycles. The number of anilines is 2. The fraction of sp³-hybridized carbons (Fsp3) is 0.111. The van der Waals surface area contributed by atoms with E-state index in [-0.39, 0.29) is 5.41 Å². The van der Waals surface area contributed by atoms with Crippen molar-refractivity contribution < 1.29 is 0 Å². The standard InChI is InChI=1S/C54H43BN2/c1-5-6-25-43-48-33-55-51-47(57(48)46-28-16-15-27-42(46)54(43,35-18-9-7-10-19-35)36-20-11-8-12-21-36)32-44-49(38-22-13-14-26-41(38)53(44,3)4)50(51)39-24-17-23-37-40-31-34(2)29-30-45(40)56-52(37)39/h5-33,55-56H,1-4H3/b6-5-,43-25+. The summed E-state index contributed by atoms with van der Waals surface area (Å²) in [7, 11) is 0.803. The third-order valence-corrected chi connectivity index (χ3v) is 13.1. The van der Waals surface area contributed by atoms with Crippen LogP contribution in [0.5, 0.6) is 0 Å². The van der Waals surface area contributed by atoms with Gasteiger partial charge in [-0.05, 0) is 93.7 Å². The van der Waals surface area contributed by atoms with Crippen LogP contribution in [0.25, 0.3) is 44.1 Å². The van der Waals surface area contributed by atoms with Gasteiger partial charge in [0.25, 0.3) is 0 Å².